The highest BCUT2D eigenvalue weighted by Crippen LogP contribution is 2.28. The Morgan fingerprint density at radius 2 is 1.65 bits per heavy atom. The van der Waals surface area contributed by atoms with Crippen LogP contribution in [0.5, 0.6) is 0 Å². The maximum Gasteiger partial charge on any atom is 0.512 e. The third-order valence-electron chi connectivity index (χ3n) is 1.81. The SMILES string of the molecule is CN(S(=O)c1ccccc1)S(=O)(=O)C(F)(F)F. The van der Waals surface area contributed by atoms with Gasteiger partial charge in [0.2, 0.25) is 0 Å². The molecule has 1 atom stereocenters. The van der Waals surface area contributed by atoms with Gasteiger partial charge >= 0.3 is 15.5 Å². The largest absolute Gasteiger partial charge is 0.512 e. The molecule has 0 aromatic heterocycles. The molecule has 4 nitrogen and oxygen atoms in total. The van der Waals surface area contributed by atoms with E-state index in [2.05, 4.69) is 0 Å². The van der Waals surface area contributed by atoms with Crippen molar-refractivity contribution < 1.29 is 25.8 Å². The average molecular weight is 287 g/mol. The Labute approximate surface area is 98.7 Å². The first kappa shape index (κ1) is 14.1. The Bertz CT molecular complexity index is 513. The van der Waals surface area contributed by atoms with E-state index in [1.807, 2.05) is 0 Å². The molecule has 1 aromatic rings. The van der Waals surface area contributed by atoms with Gasteiger partial charge in [-0.3, -0.25) is 0 Å². The van der Waals surface area contributed by atoms with Crippen molar-refractivity contribution in [2.75, 3.05) is 7.05 Å². The highest BCUT2D eigenvalue weighted by atomic mass is 32.3. The predicted octanol–water partition coefficient (Wildman–Crippen LogP) is 1.49. The van der Waals surface area contributed by atoms with Gasteiger partial charge in [0.25, 0.3) is 0 Å². The van der Waals surface area contributed by atoms with E-state index in [-0.39, 0.29) is 8.61 Å². The van der Waals surface area contributed by atoms with Crippen LogP contribution in [-0.4, -0.2) is 28.9 Å². The molecule has 0 heterocycles. The van der Waals surface area contributed by atoms with Crippen molar-refractivity contribution in [3.63, 3.8) is 0 Å². The van der Waals surface area contributed by atoms with Crippen LogP contribution < -0.4 is 0 Å². The van der Waals surface area contributed by atoms with Crippen molar-refractivity contribution in [1.82, 2.24) is 3.71 Å². The van der Waals surface area contributed by atoms with Gasteiger partial charge in [-0.1, -0.05) is 18.2 Å². The maximum atomic E-state index is 12.2. The van der Waals surface area contributed by atoms with Crippen LogP contribution in [0.25, 0.3) is 0 Å². The number of nitrogens with zero attached hydrogens (tertiary/aromatic N) is 1. The van der Waals surface area contributed by atoms with Gasteiger partial charge in [0.1, 0.15) is 11.0 Å². The Balaban J connectivity index is 3.09. The second-order valence-electron chi connectivity index (χ2n) is 2.92. The highest BCUT2D eigenvalue weighted by molar-refractivity contribution is 8.01. The van der Waals surface area contributed by atoms with E-state index in [0.717, 1.165) is 0 Å². The molecule has 0 bridgehead atoms. The Kier molecular flexibility index (Phi) is 3.95. The van der Waals surface area contributed by atoms with E-state index in [1.54, 1.807) is 6.07 Å². The zero-order chi connectivity index (χ0) is 13.3. The molecule has 0 radical (unpaired) electrons. The third-order valence-corrected chi connectivity index (χ3v) is 5.21. The van der Waals surface area contributed by atoms with Gasteiger partial charge in [0, 0.05) is 7.05 Å². The molecule has 0 aliphatic rings. The normalized spacial score (nSPS) is 14.9. The van der Waals surface area contributed by atoms with Gasteiger partial charge in [-0.2, -0.15) is 13.2 Å². The molecule has 1 unspecified atom stereocenters. The van der Waals surface area contributed by atoms with E-state index >= 15 is 0 Å². The smallest absolute Gasteiger partial charge is 0.236 e. The van der Waals surface area contributed by atoms with Crippen molar-refractivity contribution in [2.45, 2.75) is 10.4 Å². The van der Waals surface area contributed by atoms with Crippen LogP contribution in [0.3, 0.4) is 0 Å². The summed E-state index contributed by atoms with van der Waals surface area (Å²) in [6.07, 6.45) is 0. The van der Waals surface area contributed by atoms with Crippen molar-refractivity contribution in [2.24, 2.45) is 0 Å². The summed E-state index contributed by atoms with van der Waals surface area (Å²) in [5.41, 5.74) is -5.47. The Morgan fingerprint density at radius 3 is 2.06 bits per heavy atom. The van der Waals surface area contributed by atoms with Crippen LogP contribution in [0, 0.1) is 0 Å². The number of benzene rings is 1. The summed E-state index contributed by atoms with van der Waals surface area (Å²) in [5.74, 6) is 0. The number of halogens is 3. The highest BCUT2D eigenvalue weighted by Gasteiger charge is 2.50. The van der Waals surface area contributed by atoms with Gasteiger partial charge in [-0.05, 0) is 12.1 Å². The Hall–Kier alpha value is -0.930. The van der Waals surface area contributed by atoms with Crippen molar-refractivity contribution >= 4 is 21.0 Å². The minimum absolute atomic E-state index is 0.0252. The maximum absolute atomic E-state index is 12.2. The van der Waals surface area contributed by atoms with Crippen LogP contribution in [0.15, 0.2) is 35.2 Å². The molecule has 96 valence electrons. The van der Waals surface area contributed by atoms with Gasteiger partial charge in [0.15, 0.2) is 0 Å². The van der Waals surface area contributed by atoms with Gasteiger partial charge < -0.3 is 0 Å². The topological polar surface area (TPSA) is 54.5 Å². The number of hydrogen-bond acceptors (Lipinski definition) is 3. The first-order valence-corrected chi connectivity index (χ1v) is 6.75. The molecule has 0 aliphatic heterocycles. The molecule has 0 saturated carbocycles. The van der Waals surface area contributed by atoms with E-state index in [1.165, 1.54) is 24.3 Å². The zero-order valence-electron chi connectivity index (χ0n) is 8.51. The van der Waals surface area contributed by atoms with Gasteiger partial charge in [-0.15, -0.1) is 3.71 Å². The van der Waals surface area contributed by atoms with Gasteiger partial charge in [0.05, 0.1) is 4.90 Å². The molecule has 0 fully saturated rings. The van der Waals surface area contributed by atoms with E-state index < -0.39 is 26.5 Å². The predicted molar refractivity (Wildman–Crippen MR) is 55.6 cm³/mol. The minimum Gasteiger partial charge on any atom is -0.236 e. The lowest BCUT2D eigenvalue weighted by atomic mass is 10.4. The second kappa shape index (κ2) is 4.75. The van der Waals surface area contributed by atoms with Gasteiger partial charge in [-0.25, -0.2) is 12.6 Å². The van der Waals surface area contributed by atoms with E-state index in [9.17, 15) is 25.8 Å². The Morgan fingerprint density at radius 1 is 1.18 bits per heavy atom. The third kappa shape index (κ3) is 2.85. The zero-order valence-corrected chi connectivity index (χ0v) is 10.1. The summed E-state index contributed by atoms with van der Waals surface area (Å²) in [6, 6.07) is 7.01. The fourth-order valence-electron chi connectivity index (χ4n) is 0.920. The summed E-state index contributed by atoms with van der Waals surface area (Å²) in [5, 5.41) is 0. The number of hydrogen-bond donors (Lipinski definition) is 0. The lowest BCUT2D eigenvalue weighted by Gasteiger charge is -2.17. The monoisotopic (exact) mass is 287 g/mol. The van der Waals surface area contributed by atoms with E-state index in [0.29, 0.717) is 7.05 Å². The summed E-state index contributed by atoms with van der Waals surface area (Å²) < 4.78 is 69.9. The van der Waals surface area contributed by atoms with Crippen LogP contribution in [0.1, 0.15) is 0 Å². The molecular formula is C8H8F3NO3S2. The molecule has 0 aliphatic carbocycles. The number of sulfonamides is 1. The van der Waals surface area contributed by atoms with Crippen molar-refractivity contribution in [3.05, 3.63) is 30.3 Å². The lowest BCUT2D eigenvalue weighted by molar-refractivity contribution is -0.0464. The first-order valence-electron chi connectivity index (χ1n) is 4.20. The standard InChI is InChI=1S/C8H8F3NO3S2/c1-12(17(14,15)8(9,10)11)16(13)7-5-3-2-4-6-7/h2-6H,1H3. The molecule has 9 heteroatoms. The molecular weight excluding hydrogens is 279 g/mol. The molecule has 1 aromatic carbocycles. The summed E-state index contributed by atoms with van der Waals surface area (Å²) in [4.78, 5) is -0.0252. The molecule has 0 N–H and O–H groups in total. The van der Waals surface area contributed by atoms with Crippen LogP contribution in [0.2, 0.25) is 0 Å². The van der Waals surface area contributed by atoms with E-state index in [4.69, 9.17) is 0 Å². The fraction of sp³-hybridized carbons (Fsp3) is 0.250. The molecule has 0 amide bonds. The average Bonchev–Trinajstić information content (AvgIpc) is 2.26. The van der Waals surface area contributed by atoms with Crippen molar-refractivity contribution in [3.8, 4) is 0 Å². The quantitative estimate of drug-likeness (QED) is 0.846. The molecule has 0 spiro atoms. The first-order chi connectivity index (χ1) is 7.68. The lowest BCUT2D eigenvalue weighted by Crippen LogP contribution is -2.39. The van der Waals surface area contributed by atoms with Crippen LogP contribution in [0.4, 0.5) is 13.2 Å². The van der Waals surface area contributed by atoms with Crippen LogP contribution in [-0.2, 0) is 21.0 Å². The van der Waals surface area contributed by atoms with Crippen molar-refractivity contribution in [1.29, 1.82) is 0 Å². The summed E-state index contributed by atoms with van der Waals surface area (Å²) >= 11 is 0. The van der Waals surface area contributed by atoms with Crippen LogP contribution >= 0.6 is 0 Å². The number of rotatable bonds is 3. The fourth-order valence-corrected chi connectivity index (χ4v) is 3.12. The second-order valence-corrected chi connectivity index (χ2v) is 6.63. The molecule has 0 saturated heterocycles. The number of alkyl halides is 3. The summed E-state index contributed by atoms with van der Waals surface area (Å²) in [6.45, 7) is 0. The minimum atomic E-state index is -5.59. The summed E-state index contributed by atoms with van der Waals surface area (Å²) in [7, 11) is -7.39. The molecule has 1 rings (SSSR count). The molecule has 17 heavy (non-hydrogen) atoms.